The molecule has 3 aromatic rings. The van der Waals surface area contributed by atoms with Gasteiger partial charge in [0.05, 0.1) is 24.5 Å². The summed E-state index contributed by atoms with van der Waals surface area (Å²) in [5, 5.41) is 4.58. The Morgan fingerprint density at radius 1 is 1.37 bits per heavy atom. The van der Waals surface area contributed by atoms with Gasteiger partial charge in [-0.3, -0.25) is 10.2 Å². The first kappa shape index (κ1) is 19.8. The molecular formula is C20H21FN8O. The monoisotopic (exact) mass is 408 g/mol. The van der Waals surface area contributed by atoms with Crippen LogP contribution < -0.4 is 21.9 Å². The largest absolute Gasteiger partial charge is 0.348 e. The van der Waals surface area contributed by atoms with Gasteiger partial charge in [-0.15, -0.1) is 5.10 Å². The first-order chi connectivity index (χ1) is 14.5. The van der Waals surface area contributed by atoms with E-state index in [1.165, 1.54) is 16.8 Å². The van der Waals surface area contributed by atoms with Gasteiger partial charge in [-0.25, -0.2) is 24.7 Å². The minimum Gasteiger partial charge on any atom is -0.348 e. The summed E-state index contributed by atoms with van der Waals surface area (Å²) >= 11 is 0. The van der Waals surface area contributed by atoms with Gasteiger partial charge in [-0.2, -0.15) is 0 Å². The number of nitrogen functional groups attached to an aromatic ring is 1. The summed E-state index contributed by atoms with van der Waals surface area (Å²) < 4.78 is 15.5. The summed E-state index contributed by atoms with van der Waals surface area (Å²) in [7, 11) is 0. The zero-order valence-electron chi connectivity index (χ0n) is 16.3. The predicted molar refractivity (Wildman–Crippen MR) is 109 cm³/mol. The van der Waals surface area contributed by atoms with Gasteiger partial charge < -0.3 is 10.6 Å². The lowest BCUT2D eigenvalue weighted by molar-refractivity contribution is 0.0946. The zero-order valence-corrected chi connectivity index (χ0v) is 16.3. The number of halogens is 1. The number of pyridine rings is 1. The number of hydrogen-bond acceptors (Lipinski definition) is 7. The van der Waals surface area contributed by atoms with Crippen LogP contribution in [0.1, 0.15) is 47.6 Å². The zero-order chi connectivity index (χ0) is 21.3. The third-order valence-corrected chi connectivity index (χ3v) is 4.92. The first-order valence-electron chi connectivity index (χ1n) is 9.53. The Labute approximate surface area is 172 Å². The number of nitrogens with two attached hydrogens (primary N) is 2. The number of nitrogens with zero attached hydrogens (tertiary/aromatic N) is 5. The molecule has 0 radical (unpaired) electrons. The molecule has 0 bridgehead atoms. The number of anilines is 1. The number of nitrogens with one attached hydrogen (secondary N) is 1. The van der Waals surface area contributed by atoms with Gasteiger partial charge in [0, 0.05) is 12.1 Å². The highest BCUT2D eigenvalue weighted by Crippen LogP contribution is 2.36. The van der Waals surface area contributed by atoms with E-state index in [2.05, 4.69) is 37.2 Å². The van der Waals surface area contributed by atoms with Crippen molar-refractivity contribution in [3.63, 3.8) is 0 Å². The number of hydrogen-bond donors (Lipinski definition) is 3. The number of aromatic nitrogens is 4. The van der Waals surface area contributed by atoms with E-state index in [0.717, 1.165) is 19.0 Å². The van der Waals surface area contributed by atoms with Crippen molar-refractivity contribution in [2.24, 2.45) is 11.6 Å². The van der Waals surface area contributed by atoms with Crippen molar-refractivity contribution < 1.29 is 9.18 Å². The molecular weight excluding hydrogens is 387 g/mol. The van der Waals surface area contributed by atoms with Crippen molar-refractivity contribution in [1.29, 1.82) is 0 Å². The standard InChI is InChI=1S/C20H21FN8O/c1-12(22)4-5-15-14(9-13(21)10-24-15)16-3-2-8-28(16)19-7-6-18-25-11-17(20(30)26-23)29(18)27-19/h6-7,9-12,16H,2-3,8,22-23H2,1H3,(H,26,30)/t12-,16-/m1/s1. The summed E-state index contributed by atoms with van der Waals surface area (Å²) in [6, 6.07) is 4.58. The van der Waals surface area contributed by atoms with E-state index in [9.17, 15) is 9.18 Å². The van der Waals surface area contributed by atoms with Gasteiger partial charge in [0.1, 0.15) is 17.3 Å². The molecule has 0 saturated carbocycles. The molecule has 0 spiro atoms. The normalized spacial score (nSPS) is 16.9. The van der Waals surface area contributed by atoms with Gasteiger partial charge in [0.2, 0.25) is 0 Å². The Kier molecular flexibility index (Phi) is 5.31. The van der Waals surface area contributed by atoms with Crippen LogP contribution in [0.3, 0.4) is 0 Å². The van der Waals surface area contributed by atoms with Gasteiger partial charge in [0.15, 0.2) is 11.3 Å². The van der Waals surface area contributed by atoms with Crippen LogP contribution >= 0.6 is 0 Å². The molecule has 0 aliphatic carbocycles. The Balaban J connectivity index is 1.76. The fourth-order valence-corrected chi connectivity index (χ4v) is 3.61. The molecule has 10 heteroatoms. The number of rotatable bonds is 3. The van der Waals surface area contributed by atoms with Crippen molar-refractivity contribution >= 4 is 17.4 Å². The van der Waals surface area contributed by atoms with Crippen molar-refractivity contribution in [3.05, 3.63) is 53.4 Å². The van der Waals surface area contributed by atoms with E-state index >= 15 is 0 Å². The number of hydrazine groups is 1. The molecule has 1 aliphatic rings. The molecule has 30 heavy (non-hydrogen) atoms. The Morgan fingerprint density at radius 2 is 2.20 bits per heavy atom. The van der Waals surface area contributed by atoms with Crippen LogP contribution in [0.25, 0.3) is 5.65 Å². The lowest BCUT2D eigenvalue weighted by Gasteiger charge is -2.26. The fourth-order valence-electron chi connectivity index (χ4n) is 3.61. The molecule has 154 valence electrons. The molecule has 1 saturated heterocycles. The van der Waals surface area contributed by atoms with Crippen molar-refractivity contribution in [2.45, 2.75) is 31.8 Å². The molecule has 1 aliphatic heterocycles. The summed E-state index contributed by atoms with van der Waals surface area (Å²) in [6.07, 6.45) is 4.24. The van der Waals surface area contributed by atoms with Crippen LogP contribution in [0.5, 0.6) is 0 Å². The lowest BCUT2D eigenvalue weighted by Crippen LogP contribution is -2.31. The van der Waals surface area contributed by atoms with Crippen LogP contribution in [0.4, 0.5) is 10.2 Å². The molecule has 5 N–H and O–H groups in total. The minimum absolute atomic E-state index is 0.161. The van der Waals surface area contributed by atoms with Crippen molar-refractivity contribution in [2.75, 3.05) is 11.4 Å². The molecule has 0 unspecified atom stereocenters. The molecule has 1 fully saturated rings. The third kappa shape index (κ3) is 3.68. The second-order valence-corrected chi connectivity index (χ2v) is 7.08. The van der Waals surface area contributed by atoms with E-state index in [4.69, 9.17) is 11.6 Å². The number of imidazole rings is 1. The summed E-state index contributed by atoms with van der Waals surface area (Å²) in [5.41, 5.74) is 9.76. The van der Waals surface area contributed by atoms with Crippen molar-refractivity contribution in [3.8, 4) is 11.8 Å². The van der Waals surface area contributed by atoms with Crippen LogP contribution in [0.2, 0.25) is 0 Å². The number of carbonyl (C=O) groups excluding carboxylic acids is 1. The third-order valence-electron chi connectivity index (χ3n) is 4.92. The Morgan fingerprint density at radius 3 is 2.97 bits per heavy atom. The first-order valence-corrected chi connectivity index (χ1v) is 9.53. The maximum absolute atomic E-state index is 14.0. The minimum atomic E-state index is -0.493. The molecule has 9 nitrogen and oxygen atoms in total. The van der Waals surface area contributed by atoms with Gasteiger partial charge in [0.25, 0.3) is 5.91 Å². The number of carbonyl (C=O) groups is 1. The molecule has 0 aromatic carbocycles. The molecule has 4 rings (SSSR count). The summed E-state index contributed by atoms with van der Waals surface area (Å²) in [4.78, 5) is 22.4. The van der Waals surface area contributed by atoms with Crippen LogP contribution in [0.15, 0.2) is 30.6 Å². The molecule has 2 atom stereocenters. The highest BCUT2D eigenvalue weighted by Gasteiger charge is 2.30. The highest BCUT2D eigenvalue weighted by atomic mass is 19.1. The van der Waals surface area contributed by atoms with E-state index < -0.39 is 11.7 Å². The van der Waals surface area contributed by atoms with Crippen LogP contribution in [-0.4, -0.2) is 38.1 Å². The van der Waals surface area contributed by atoms with Crippen molar-refractivity contribution in [1.82, 2.24) is 25.0 Å². The summed E-state index contributed by atoms with van der Waals surface area (Å²) in [5.74, 6) is 10.8. The van der Waals surface area contributed by atoms with Gasteiger partial charge >= 0.3 is 0 Å². The van der Waals surface area contributed by atoms with Crippen LogP contribution in [0, 0.1) is 17.7 Å². The number of fused-ring (bicyclic) bond motifs is 1. The SMILES string of the molecule is C[C@@H](N)C#Cc1ncc(F)cc1[C@H]1CCCN1c1ccc2ncc(C(=O)NN)n2n1. The van der Waals surface area contributed by atoms with E-state index in [1.54, 1.807) is 13.0 Å². The Hall–Kier alpha value is -3.55. The summed E-state index contributed by atoms with van der Waals surface area (Å²) in [6.45, 7) is 2.49. The maximum atomic E-state index is 14.0. The quantitative estimate of drug-likeness (QED) is 0.254. The fraction of sp³-hybridized carbons (Fsp3) is 0.300. The Bertz CT molecular complexity index is 1160. The molecule has 3 aromatic heterocycles. The topological polar surface area (TPSA) is 127 Å². The maximum Gasteiger partial charge on any atom is 0.285 e. The average molecular weight is 408 g/mol. The second kappa shape index (κ2) is 8.06. The molecule has 4 heterocycles. The lowest BCUT2D eigenvalue weighted by atomic mass is 10.0. The highest BCUT2D eigenvalue weighted by molar-refractivity contribution is 5.92. The van der Waals surface area contributed by atoms with E-state index in [-0.39, 0.29) is 17.8 Å². The van der Waals surface area contributed by atoms with Gasteiger partial charge in [-0.1, -0.05) is 5.92 Å². The molecule has 1 amide bonds. The smallest absolute Gasteiger partial charge is 0.285 e. The van der Waals surface area contributed by atoms with E-state index in [0.29, 0.717) is 29.3 Å². The average Bonchev–Trinajstić information content (AvgIpc) is 3.38. The van der Waals surface area contributed by atoms with E-state index in [1.807, 2.05) is 6.07 Å². The number of amides is 1. The van der Waals surface area contributed by atoms with Gasteiger partial charge in [-0.05, 0) is 43.9 Å². The second-order valence-electron chi connectivity index (χ2n) is 7.08. The predicted octanol–water partition coefficient (Wildman–Crippen LogP) is 0.907. The van der Waals surface area contributed by atoms with Crippen LogP contribution in [-0.2, 0) is 0 Å².